The number of thioether (sulfide) groups is 1. The van der Waals surface area contributed by atoms with Gasteiger partial charge in [-0.1, -0.05) is 13.0 Å². The van der Waals surface area contributed by atoms with E-state index in [4.69, 9.17) is 4.74 Å². The number of ether oxygens (including phenoxy) is 1. The van der Waals surface area contributed by atoms with Crippen molar-refractivity contribution < 1.29 is 9.13 Å². The minimum Gasteiger partial charge on any atom is -0.494 e. The van der Waals surface area contributed by atoms with Crippen molar-refractivity contribution >= 4 is 11.8 Å². The molecule has 0 bridgehead atoms. The van der Waals surface area contributed by atoms with Gasteiger partial charge in [0.05, 0.1) is 7.11 Å². The first-order chi connectivity index (χ1) is 8.27. The van der Waals surface area contributed by atoms with E-state index in [2.05, 4.69) is 12.2 Å². The molecule has 94 valence electrons. The monoisotopic (exact) mass is 255 g/mol. The molecule has 1 N–H and O–H groups in total. The smallest absolute Gasteiger partial charge is 0.169 e. The summed E-state index contributed by atoms with van der Waals surface area (Å²) in [6, 6.07) is 3.99. The molecule has 0 fully saturated rings. The zero-order valence-corrected chi connectivity index (χ0v) is 11.1. The van der Waals surface area contributed by atoms with Crippen LogP contribution in [0.1, 0.15) is 30.5 Å². The van der Waals surface area contributed by atoms with Crippen LogP contribution in [0.5, 0.6) is 5.75 Å². The number of hydrogen-bond donors (Lipinski definition) is 1. The molecule has 0 aliphatic carbocycles. The van der Waals surface area contributed by atoms with E-state index in [0.29, 0.717) is 5.75 Å². The Kier molecular flexibility index (Phi) is 4.29. The van der Waals surface area contributed by atoms with E-state index >= 15 is 0 Å². The molecule has 0 aromatic heterocycles. The third-order valence-electron chi connectivity index (χ3n) is 3.01. The summed E-state index contributed by atoms with van der Waals surface area (Å²) in [4.78, 5) is 0. The summed E-state index contributed by atoms with van der Waals surface area (Å²) in [6.45, 7) is 3.11. The first-order valence-corrected chi connectivity index (χ1v) is 7.09. The van der Waals surface area contributed by atoms with E-state index in [1.807, 2.05) is 6.07 Å². The third kappa shape index (κ3) is 2.58. The number of rotatable bonds is 4. The first-order valence-electron chi connectivity index (χ1n) is 5.94. The van der Waals surface area contributed by atoms with Crippen LogP contribution in [-0.2, 0) is 5.75 Å². The summed E-state index contributed by atoms with van der Waals surface area (Å²) >= 11 is 1.77. The van der Waals surface area contributed by atoms with Crippen LogP contribution in [-0.4, -0.2) is 19.4 Å². The summed E-state index contributed by atoms with van der Waals surface area (Å²) in [6.07, 6.45) is 1.09. The predicted octanol–water partition coefficient (Wildman–Crippen LogP) is 3.12. The molecule has 0 radical (unpaired) electrons. The number of hydrogen-bond acceptors (Lipinski definition) is 3. The maximum atomic E-state index is 14.1. The largest absolute Gasteiger partial charge is 0.494 e. The Morgan fingerprint density at radius 2 is 2.35 bits per heavy atom. The highest BCUT2D eigenvalue weighted by molar-refractivity contribution is 7.98. The Hall–Kier alpha value is -0.740. The van der Waals surface area contributed by atoms with E-state index in [0.717, 1.165) is 35.6 Å². The first kappa shape index (κ1) is 12.7. The van der Waals surface area contributed by atoms with Gasteiger partial charge in [-0.15, -0.1) is 0 Å². The maximum Gasteiger partial charge on any atom is 0.169 e. The van der Waals surface area contributed by atoms with Gasteiger partial charge in [-0.25, -0.2) is 4.39 Å². The molecule has 1 aromatic rings. The Morgan fingerprint density at radius 3 is 3.06 bits per heavy atom. The average molecular weight is 255 g/mol. The number of nitrogens with one attached hydrogen (secondary N) is 1. The summed E-state index contributed by atoms with van der Waals surface area (Å²) < 4.78 is 19.1. The second kappa shape index (κ2) is 5.74. The second-order valence-corrected chi connectivity index (χ2v) is 5.20. The summed E-state index contributed by atoms with van der Waals surface area (Å²) in [7, 11) is 1.51. The Bertz CT molecular complexity index is 397. The number of fused-ring (bicyclic) bond motifs is 1. The standard InChI is InChI=1S/C13H18FNOS/c1-3-6-15-11-8-17-7-10-9(11)4-5-12(16-2)13(10)14/h4-5,11,15H,3,6-8H2,1-2H3. The molecule has 1 aromatic carbocycles. The predicted molar refractivity (Wildman–Crippen MR) is 70.1 cm³/mol. The quantitative estimate of drug-likeness (QED) is 0.893. The molecule has 0 saturated heterocycles. The zero-order valence-electron chi connectivity index (χ0n) is 10.3. The van der Waals surface area contributed by atoms with Crippen molar-refractivity contribution in [3.8, 4) is 5.75 Å². The highest BCUT2D eigenvalue weighted by Gasteiger charge is 2.24. The van der Waals surface area contributed by atoms with Crippen molar-refractivity contribution in [3.05, 3.63) is 29.1 Å². The SMILES string of the molecule is CCCNC1CSCc2c1ccc(OC)c2F. The molecule has 1 atom stereocenters. The highest BCUT2D eigenvalue weighted by Crippen LogP contribution is 2.36. The number of halogens is 1. The van der Waals surface area contributed by atoms with Crippen molar-refractivity contribution in [2.75, 3.05) is 19.4 Å². The van der Waals surface area contributed by atoms with Crippen LogP contribution in [0.3, 0.4) is 0 Å². The lowest BCUT2D eigenvalue weighted by Crippen LogP contribution is -2.27. The van der Waals surface area contributed by atoms with Crippen LogP contribution in [0.25, 0.3) is 0 Å². The highest BCUT2D eigenvalue weighted by atomic mass is 32.2. The molecule has 1 aliphatic rings. The van der Waals surface area contributed by atoms with Crippen molar-refractivity contribution in [1.82, 2.24) is 5.32 Å². The van der Waals surface area contributed by atoms with Crippen LogP contribution >= 0.6 is 11.8 Å². The zero-order chi connectivity index (χ0) is 12.3. The van der Waals surface area contributed by atoms with Gasteiger partial charge in [-0.2, -0.15) is 11.8 Å². The van der Waals surface area contributed by atoms with Gasteiger partial charge in [0.25, 0.3) is 0 Å². The minimum absolute atomic E-state index is 0.194. The van der Waals surface area contributed by atoms with Crippen LogP contribution < -0.4 is 10.1 Å². The molecule has 1 heterocycles. The topological polar surface area (TPSA) is 21.3 Å². The molecule has 17 heavy (non-hydrogen) atoms. The normalized spacial score (nSPS) is 18.9. The van der Waals surface area contributed by atoms with Crippen molar-refractivity contribution in [3.63, 3.8) is 0 Å². The molecule has 0 saturated carbocycles. The van der Waals surface area contributed by atoms with E-state index in [1.54, 1.807) is 17.8 Å². The van der Waals surface area contributed by atoms with Crippen LogP contribution in [0.15, 0.2) is 12.1 Å². The van der Waals surface area contributed by atoms with Crippen LogP contribution in [0.2, 0.25) is 0 Å². The van der Waals surface area contributed by atoms with Gasteiger partial charge in [0.15, 0.2) is 11.6 Å². The summed E-state index contributed by atoms with van der Waals surface area (Å²) in [5, 5.41) is 3.46. The Balaban J connectivity index is 2.29. The van der Waals surface area contributed by atoms with Crippen LogP contribution in [0.4, 0.5) is 4.39 Å². The fraction of sp³-hybridized carbons (Fsp3) is 0.538. The molecular weight excluding hydrogens is 237 g/mol. The van der Waals surface area contributed by atoms with Gasteiger partial charge in [0.2, 0.25) is 0 Å². The van der Waals surface area contributed by atoms with Crippen molar-refractivity contribution in [2.45, 2.75) is 25.1 Å². The molecule has 2 nitrogen and oxygen atoms in total. The Morgan fingerprint density at radius 1 is 1.53 bits per heavy atom. The lowest BCUT2D eigenvalue weighted by atomic mass is 10.0. The molecule has 0 spiro atoms. The summed E-state index contributed by atoms with van der Waals surface area (Å²) in [5.41, 5.74) is 1.89. The molecule has 2 rings (SSSR count). The van der Waals surface area contributed by atoms with Gasteiger partial charge in [-0.05, 0) is 24.6 Å². The third-order valence-corrected chi connectivity index (χ3v) is 4.07. The molecule has 1 unspecified atom stereocenters. The molecule has 0 amide bonds. The lowest BCUT2D eigenvalue weighted by Gasteiger charge is -2.27. The molecule has 1 aliphatic heterocycles. The Labute approximate surface area is 106 Å². The van der Waals surface area contributed by atoms with Gasteiger partial charge >= 0.3 is 0 Å². The fourth-order valence-corrected chi connectivity index (χ4v) is 3.25. The van der Waals surface area contributed by atoms with Crippen molar-refractivity contribution in [2.24, 2.45) is 0 Å². The van der Waals surface area contributed by atoms with E-state index in [1.165, 1.54) is 7.11 Å². The van der Waals surface area contributed by atoms with Crippen molar-refractivity contribution in [1.29, 1.82) is 0 Å². The minimum atomic E-state index is -0.194. The average Bonchev–Trinajstić information content (AvgIpc) is 2.37. The van der Waals surface area contributed by atoms with E-state index < -0.39 is 0 Å². The maximum absolute atomic E-state index is 14.1. The summed E-state index contributed by atoms with van der Waals surface area (Å²) in [5.74, 6) is 1.91. The molecule has 4 heteroatoms. The second-order valence-electron chi connectivity index (χ2n) is 4.17. The number of benzene rings is 1. The van der Waals surface area contributed by atoms with E-state index in [-0.39, 0.29) is 11.9 Å². The van der Waals surface area contributed by atoms with Gasteiger partial charge in [0, 0.05) is 23.1 Å². The van der Waals surface area contributed by atoms with Gasteiger partial charge in [-0.3, -0.25) is 0 Å². The lowest BCUT2D eigenvalue weighted by molar-refractivity contribution is 0.383. The van der Waals surface area contributed by atoms with Gasteiger partial charge < -0.3 is 10.1 Å². The number of methoxy groups -OCH3 is 1. The van der Waals surface area contributed by atoms with E-state index in [9.17, 15) is 4.39 Å². The van der Waals surface area contributed by atoms with Gasteiger partial charge in [0.1, 0.15) is 0 Å². The molecular formula is C13H18FNOS. The fourth-order valence-electron chi connectivity index (χ4n) is 2.10. The van der Waals surface area contributed by atoms with Crippen LogP contribution in [0, 0.1) is 5.82 Å².